The van der Waals surface area contributed by atoms with Crippen molar-refractivity contribution in [1.82, 2.24) is 5.32 Å². The summed E-state index contributed by atoms with van der Waals surface area (Å²) in [5, 5.41) is 2.81. The van der Waals surface area contributed by atoms with Crippen molar-refractivity contribution < 1.29 is 14.1 Å². The first-order valence-corrected chi connectivity index (χ1v) is 7.35. The molecule has 0 spiro atoms. The Labute approximate surface area is 85.8 Å². The van der Waals surface area contributed by atoms with Gasteiger partial charge in [0.15, 0.2) is 0 Å². The summed E-state index contributed by atoms with van der Waals surface area (Å²) < 4.78 is 16.3. The first kappa shape index (κ1) is 13.7. The van der Waals surface area contributed by atoms with Crippen LogP contribution in [0.5, 0.6) is 0 Å². The highest BCUT2D eigenvalue weighted by Crippen LogP contribution is 2.33. The third-order valence-electron chi connectivity index (χ3n) is 1.18. The van der Waals surface area contributed by atoms with Crippen LogP contribution in [0.25, 0.3) is 0 Å². The fraction of sp³-hybridized carbons (Fsp3) is 0.889. The van der Waals surface area contributed by atoms with Crippen LogP contribution in [0.3, 0.4) is 0 Å². The average molecular weight is 221 g/mol. The Bertz CT molecular complexity index is 239. The minimum absolute atomic E-state index is 0.114. The minimum Gasteiger partial charge on any atom is -0.459 e. The number of hydrogen-bond donors (Lipinski definition) is 1. The lowest BCUT2D eigenvalue weighted by atomic mass is 10.2. The maximum Gasteiger partial charge on any atom is 0.320 e. The molecule has 0 heterocycles. The van der Waals surface area contributed by atoms with Crippen LogP contribution >= 0.6 is 7.14 Å². The first-order chi connectivity index (χ1) is 6.10. The van der Waals surface area contributed by atoms with E-state index in [1.54, 1.807) is 13.3 Å². The van der Waals surface area contributed by atoms with Crippen LogP contribution < -0.4 is 5.32 Å². The number of esters is 1. The molecule has 0 aromatic rings. The van der Waals surface area contributed by atoms with Gasteiger partial charge >= 0.3 is 5.97 Å². The van der Waals surface area contributed by atoms with Crippen molar-refractivity contribution in [2.45, 2.75) is 26.4 Å². The van der Waals surface area contributed by atoms with Gasteiger partial charge in [-0.1, -0.05) is 0 Å². The summed E-state index contributed by atoms with van der Waals surface area (Å²) in [7, 11) is -2.09. The van der Waals surface area contributed by atoms with Gasteiger partial charge in [0.2, 0.25) is 0 Å². The van der Waals surface area contributed by atoms with Crippen LogP contribution in [-0.4, -0.2) is 37.7 Å². The lowest BCUT2D eigenvalue weighted by molar-refractivity contribution is -0.153. The van der Waals surface area contributed by atoms with Gasteiger partial charge in [0, 0.05) is 6.29 Å². The van der Waals surface area contributed by atoms with Gasteiger partial charge in [-0.2, -0.15) is 0 Å². The van der Waals surface area contributed by atoms with E-state index in [-0.39, 0.29) is 12.5 Å². The molecule has 0 aliphatic rings. The molecule has 0 fully saturated rings. The minimum atomic E-state index is -2.09. The maximum atomic E-state index is 11.3. The number of carbonyl (C=O) groups excluding carboxylic acids is 1. The highest BCUT2D eigenvalue weighted by Gasteiger charge is 2.16. The Hall–Kier alpha value is -0.340. The molecule has 14 heavy (non-hydrogen) atoms. The number of ether oxygens (including phenoxy) is 1. The van der Waals surface area contributed by atoms with E-state index in [2.05, 4.69) is 5.32 Å². The molecule has 1 N–H and O–H groups in total. The van der Waals surface area contributed by atoms with Crippen LogP contribution in [0, 0.1) is 0 Å². The monoisotopic (exact) mass is 221 g/mol. The van der Waals surface area contributed by atoms with Crippen molar-refractivity contribution in [2.24, 2.45) is 0 Å². The molecule has 0 aliphatic heterocycles. The number of nitrogens with one attached hydrogen (secondary N) is 1. The predicted octanol–water partition coefficient (Wildman–Crippen LogP) is 1.50. The van der Waals surface area contributed by atoms with E-state index in [0.717, 1.165) is 0 Å². The lowest BCUT2D eigenvalue weighted by Crippen LogP contribution is -2.31. The smallest absolute Gasteiger partial charge is 0.320 e. The molecule has 84 valence electrons. The normalized spacial score (nSPS) is 12.6. The molecule has 0 radical (unpaired) electrons. The largest absolute Gasteiger partial charge is 0.459 e. The molecular formula is C9H20NO3P. The molecule has 0 saturated heterocycles. The van der Waals surface area contributed by atoms with E-state index >= 15 is 0 Å². The lowest BCUT2D eigenvalue weighted by Gasteiger charge is -2.19. The average Bonchev–Trinajstić information content (AvgIpc) is 1.78. The highest BCUT2D eigenvalue weighted by atomic mass is 31.2. The maximum absolute atomic E-state index is 11.3. The second-order valence-corrected chi connectivity index (χ2v) is 8.21. The number of carbonyl (C=O) groups is 1. The standard InChI is InChI=1S/C9H20NO3P/c1-9(2,3)13-8(11)6-10-7-14(4,5)12/h10H,6-7H2,1-5H3. The van der Waals surface area contributed by atoms with Crippen LogP contribution in [0.1, 0.15) is 20.8 Å². The van der Waals surface area contributed by atoms with Crippen LogP contribution in [-0.2, 0) is 14.1 Å². The van der Waals surface area contributed by atoms with Crippen molar-refractivity contribution in [2.75, 3.05) is 26.2 Å². The zero-order valence-corrected chi connectivity index (χ0v) is 10.5. The van der Waals surface area contributed by atoms with Crippen LogP contribution in [0.15, 0.2) is 0 Å². The van der Waals surface area contributed by atoms with E-state index in [0.29, 0.717) is 6.29 Å². The van der Waals surface area contributed by atoms with Gasteiger partial charge in [-0.15, -0.1) is 0 Å². The third-order valence-corrected chi connectivity index (χ3v) is 2.17. The van der Waals surface area contributed by atoms with Crippen LogP contribution in [0.2, 0.25) is 0 Å². The molecule has 0 aromatic carbocycles. The zero-order valence-electron chi connectivity index (χ0n) is 9.59. The van der Waals surface area contributed by atoms with E-state index in [1.807, 2.05) is 20.8 Å². The van der Waals surface area contributed by atoms with Crippen molar-refractivity contribution in [3.8, 4) is 0 Å². The molecule has 0 unspecified atom stereocenters. The van der Waals surface area contributed by atoms with Gasteiger partial charge in [0.25, 0.3) is 0 Å². The molecule has 5 heteroatoms. The Kier molecular flexibility index (Phi) is 4.82. The zero-order chi connectivity index (χ0) is 11.4. The topological polar surface area (TPSA) is 55.4 Å². The summed E-state index contributed by atoms with van der Waals surface area (Å²) in [4.78, 5) is 11.2. The van der Waals surface area contributed by atoms with Gasteiger partial charge in [-0.3, -0.25) is 4.79 Å². The Morgan fingerprint density at radius 1 is 1.36 bits per heavy atom. The second-order valence-electron chi connectivity index (χ2n) is 4.75. The molecule has 4 nitrogen and oxygen atoms in total. The van der Waals surface area contributed by atoms with Crippen molar-refractivity contribution >= 4 is 13.1 Å². The fourth-order valence-corrected chi connectivity index (χ4v) is 1.46. The molecule has 0 saturated carbocycles. The molecular weight excluding hydrogens is 201 g/mol. The Morgan fingerprint density at radius 2 is 1.86 bits per heavy atom. The van der Waals surface area contributed by atoms with Gasteiger partial charge in [-0.05, 0) is 34.1 Å². The predicted molar refractivity (Wildman–Crippen MR) is 58.2 cm³/mol. The van der Waals surface area contributed by atoms with E-state index < -0.39 is 12.7 Å². The molecule has 0 rings (SSSR count). The second kappa shape index (κ2) is 4.94. The fourth-order valence-electron chi connectivity index (χ4n) is 0.805. The highest BCUT2D eigenvalue weighted by molar-refractivity contribution is 7.62. The quantitative estimate of drug-likeness (QED) is 0.577. The third kappa shape index (κ3) is 9.75. The van der Waals surface area contributed by atoms with Crippen molar-refractivity contribution in [1.29, 1.82) is 0 Å². The molecule has 0 aliphatic carbocycles. The number of rotatable bonds is 4. The van der Waals surface area contributed by atoms with Crippen molar-refractivity contribution in [3.63, 3.8) is 0 Å². The summed E-state index contributed by atoms with van der Waals surface area (Å²) in [6.45, 7) is 8.91. The van der Waals surface area contributed by atoms with Gasteiger partial charge in [-0.25, -0.2) is 0 Å². The molecule has 0 bridgehead atoms. The van der Waals surface area contributed by atoms with Crippen molar-refractivity contribution in [3.05, 3.63) is 0 Å². The Balaban J connectivity index is 3.72. The molecule has 0 aromatic heterocycles. The number of hydrogen-bond acceptors (Lipinski definition) is 4. The summed E-state index contributed by atoms with van der Waals surface area (Å²) in [6.07, 6.45) is 0.367. The SMILES string of the molecule is CC(C)(C)OC(=O)CNCP(C)(C)=O. The summed E-state index contributed by atoms with van der Waals surface area (Å²) in [5.41, 5.74) is -0.457. The molecule has 0 atom stereocenters. The molecule has 0 amide bonds. The van der Waals surface area contributed by atoms with Crippen LogP contribution in [0.4, 0.5) is 0 Å². The summed E-state index contributed by atoms with van der Waals surface area (Å²) >= 11 is 0. The van der Waals surface area contributed by atoms with Gasteiger partial charge in [0.05, 0.1) is 13.7 Å². The van der Waals surface area contributed by atoms with E-state index in [4.69, 9.17) is 4.74 Å². The van der Waals surface area contributed by atoms with Gasteiger partial charge in [0.1, 0.15) is 5.60 Å². The van der Waals surface area contributed by atoms with E-state index in [1.165, 1.54) is 0 Å². The Morgan fingerprint density at radius 3 is 2.21 bits per heavy atom. The first-order valence-electron chi connectivity index (χ1n) is 4.57. The van der Waals surface area contributed by atoms with Gasteiger partial charge < -0.3 is 14.6 Å². The van der Waals surface area contributed by atoms with E-state index in [9.17, 15) is 9.36 Å². The summed E-state index contributed by atoms with van der Waals surface area (Å²) in [5.74, 6) is -0.314. The summed E-state index contributed by atoms with van der Waals surface area (Å²) in [6, 6.07) is 0.